The molecule has 0 aliphatic rings. The van der Waals surface area contributed by atoms with Crippen molar-refractivity contribution in [2.45, 2.75) is 13.8 Å². The Balaban J connectivity index is 2.10. The highest BCUT2D eigenvalue weighted by molar-refractivity contribution is 7.09. The van der Waals surface area contributed by atoms with Crippen LogP contribution in [0.1, 0.15) is 22.1 Å². The number of anilines is 1. The number of hydrogen-bond acceptors (Lipinski definition) is 6. The van der Waals surface area contributed by atoms with Crippen molar-refractivity contribution >= 4 is 22.6 Å². The topological polar surface area (TPSA) is 80.9 Å². The molecular weight excluding hydrogens is 216 g/mol. The number of nitrogens with zero attached hydrogens (tertiary/aromatic N) is 3. The third-order valence-electron chi connectivity index (χ3n) is 1.61. The number of carbonyl (C=O) groups excluding carboxylic acids is 1. The molecule has 1 amide bonds. The highest BCUT2D eigenvalue weighted by Gasteiger charge is 2.12. The van der Waals surface area contributed by atoms with Gasteiger partial charge in [0.15, 0.2) is 5.69 Å². The minimum atomic E-state index is -0.344. The molecule has 7 heteroatoms. The number of nitrogens with one attached hydrogen (secondary N) is 1. The molecule has 2 aromatic rings. The van der Waals surface area contributed by atoms with Crippen LogP contribution in [0.15, 0.2) is 10.6 Å². The number of aryl methyl sites for hydroxylation is 2. The minimum absolute atomic E-state index is 0.236. The van der Waals surface area contributed by atoms with Gasteiger partial charge < -0.3 is 4.52 Å². The lowest BCUT2D eigenvalue weighted by atomic mass is 10.4. The van der Waals surface area contributed by atoms with Gasteiger partial charge in [-0.3, -0.25) is 10.1 Å². The molecule has 0 fully saturated rings. The van der Waals surface area contributed by atoms with Crippen molar-refractivity contribution in [3.63, 3.8) is 0 Å². The van der Waals surface area contributed by atoms with E-state index >= 15 is 0 Å². The number of aromatic nitrogens is 3. The summed E-state index contributed by atoms with van der Waals surface area (Å²) in [6.07, 6.45) is 0. The van der Waals surface area contributed by atoms with Gasteiger partial charge in [0.25, 0.3) is 5.91 Å². The average Bonchev–Trinajstić information content (AvgIpc) is 2.75. The molecule has 0 radical (unpaired) electrons. The summed E-state index contributed by atoms with van der Waals surface area (Å²) in [6, 6.07) is 1.56. The zero-order valence-corrected chi connectivity index (χ0v) is 8.96. The quantitative estimate of drug-likeness (QED) is 0.833. The lowest BCUT2D eigenvalue weighted by Gasteiger charge is -1.94. The van der Waals surface area contributed by atoms with Crippen molar-refractivity contribution in [2.24, 2.45) is 0 Å². The Kier molecular flexibility index (Phi) is 2.46. The predicted molar refractivity (Wildman–Crippen MR) is 53.8 cm³/mol. The van der Waals surface area contributed by atoms with Gasteiger partial charge in [-0.15, -0.1) is 0 Å². The molecule has 2 heterocycles. The summed E-state index contributed by atoms with van der Waals surface area (Å²) in [5.74, 6) is 0.878. The summed E-state index contributed by atoms with van der Waals surface area (Å²) in [7, 11) is 0. The van der Waals surface area contributed by atoms with Crippen molar-refractivity contribution in [1.82, 2.24) is 14.5 Å². The smallest absolute Gasteiger partial charge is 0.279 e. The number of rotatable bonds is 2. The maximum absolute atomic E-state index is 11.5. The molecule has 6 nitrogen and oxygen atoms in total. The van der Waals surface area contributed by atoms with Gasteiger partial charge >= 0.3 is 0 Å². The van der Waals surface area contributed by atoms with E-state index in [1.165, 1.54) is 0 Å². The van der Waals surface area contributed by atoms with Gasteiger partial charge in [0.2, 0.25) is 5.13 Å². The Morgan fingerprint density at radius 1 is 1.53 bits per heavy atom. The van der Waals surface area contributed by atoms with E-state index in [0.717, 1.165) is 11.5 Å². The first-order valence-corrected chi connectivity index (χ1v) is 4.97. The SMILES string of the molecule is Cc1nsc(NC(=O)c2cc(C)on2)n1. The number of amides is 1. The summed E-state index contributed by atoms with van der Waals surface area (Å²) < 4.78 is 8.73. The molecule has 0 saturated heterocycles. The highest BCUT2D eigenvalue weighted by atomic mass is 32.1. The van der Waals surface area contributed by atoms with E-state index in [2.05, 4.69) is 19.8 Å². The molecule has 0 bridgehead atoms. The molecule has 0 atom stereocenters. The van der Waals surface area contributed by atoms with Crippen molar-refractivity contribution in [2.75, 3.05) is 5.32 Å². The summed E-state index contributed by atoms with van der Waals surface area (Å²) in [5, 5.41) is 6.62. The zero-order chi connectivity index (χ0) is 10.8. The van der Waals surface area contributed by atoms with E-state index in [4.69, 9.17) is 4.52 Å². The Hall–Kier alpha value is -1.76. The van der Waals surface area contributed by atoms with E-state index in [1.807, 2.05) is 0 Å². The van der Waals surface area contributed by atoms with E-state index in [9.17, 15) is 4.79 Å². The fourth-order valence-corrected chi connectivity index (χ4v) is 1.55. The van der Waals surface area contributed by atoms with Crippen molar-refractivity contribution in [3.05, 3.63) is 23.3 Å². The standard InChI is InChI=1S/C8H8N4O2S/c1-4-3-6(11-14-4)7(13)10-8-9-5(2)12-15-8/h3H,1-2H3,(H,9,10,12,13). The second-order valence-corrected chi connectivity index (χ2v) is 3.68. The van der Waals surface area contributed by atoms with Crippen LogP contribution in [0.4, 0.5) is 5.13 Å². The molecule has 0 spiro atoms. The Morgan fingerprint density at radius 3 is 2.87 bits per heavy atom. The van der Waals surface area contributed by atoms with Crippen LogP contribution in [0.3, 0.4) is 0 Å². The maximum atomic E-state index is 11.5. The molecule has 1 N–H and O–H groups in total. The zero-order valence-electron chi connectivity index (χ0n) is 8.14. The molecule has 2 rings (SSSR count). The summed E-state index contributed by atoms with van der Waals surface area (Å²) >= 11 is 1.13. The second kappa shape index (κ2) is 3.77. The normalized spacial score (nSPS) is 10.3. The largest absolute Gasteiger partial charge is 0.361 e. The van der Waals surface area contributed by atoms with Crippen LogP contribution in [-0.2, 0) is 0 Å². The van der Waals surface area contributed by atoms with Gasteiger partial charge in [-0.1, -0.05) is 5.16 Å². The molecule has 0 unspecified atom stereocenters. The van der Waals surface area contributed by atoms with Crippen LogP contribution in [0.25, 0.3) is 0 Å². The summed E-state index contributed by atoms with van der Waals surface area (Å²) in [5.41, 5.74) is 0.236. The van der Waals surface area contributed by atoms with E-state index in [1.54, 1.807) is 19.9 Å². The lowest BCUT2D eigenvalue weighted by molar-refractivity contribution is 0.101. The first kappa shape index (κ1) is 9.78. The minimum Gasteiger partial charge on any atom is -0.361 e. The Labute approximate surface area is 89.5 Å². The van der Waals surface area contributed by atoms with Gasteiger partial charge in [-0.2, -0.15) is 4.37 Å². The molecular formula is C8H8N4O2S. The van der Waals surface area contributed by atoms with Gasteiger partial charge in [-0.05, 0) is 13.8 Å². The van der Waals surface area contributed by atoms with E-state index in [0.29, 0.717) is 16.7 Å². The van der Waals surface area contributed by atoms with Crippen LogP contribution >= 0.6 is 11.5 Å². The van der Waals surface area contributed by atoms with Crippen LogP contribution in [0.5, 0.6) is 0 Å². The predicted octanol–water partition coefficient (Wildman–Crippen LogP) is 1.40. The lowest BCUT2D eigenvalue weighted by Crippen LogP contribution is -2.11. The molecule has 78 valence electrons. The third kappa shape index (κ3) is 2.18. The molecule has 0 aliphatic heterocycles. The second-order valence-electron chi connectivity index (χ2n) is 2.92. The maximum Gasteiger partial charge on any atom is 0.279 e. The Bertz CT molecular complexity index is 490. The molecule has 0 saturated carbocycles. The van der Waals surface area contributed by atoms with Crippen molar-refractivity contribution < 1.29 is 9.32 Å². The van der Waals surface area contributed by atoms with Crippen LogP contribution in [-0.4, -0.2) is 20.4 Å². The molecule has 15 heavy (non-hydrogen) atoms. The first-order valence-electron chi connectivity index (χ1n) is 4.20. The monoisotopic (exact) mass is 224 g/mol. The van der Waals surface area contributed by atoms with E-state index < -0.39 is 0 Å². The number of carbonyl (C=O) groups is 1. The fraction of sp³-hybridized carbons (Fsp3) is 0.250. The van der Waals surface area contributed by atoms with E-state index in [-0.39, 0.29) is 11.6 Å². The third-order valence-corrected chi connectivity index (χ3v) is 2.33. The number of hydrogen-bond donors (Lipinski definition) is 1. The fourth-order valence-electron chi connectivity index (χ4n) is 0.982. The first-order chi connectivity index (χ1) is 7.15. The van der Waals surface area contributed by atoms with Gasteiger partial charge in [0.1, 0.15) is 11.6 Å². The van der Waals surface area contributed by atoms with Crippen LogP contribution in [0, 0.1) is 13.8 Å². The molecule has 2 aromatic heterocycles. The summed E-state index contributed by atoms with van der Waals surface area (Å²) in [4.78, 5) is 15.5. The Morgan fingerprint density at radius 2 is 2.33 bits per heavy atom. The average molecular weight is 224 g/mol. The van der Waals surface area contributed by atoms with Crippen molar-refractivity contribution in [1.29, 1.82) is 0 Å². The van der Waals surface area contributed by atoms with Gasteiger partial charge in [0, 0.05) is 17.6 Å². The van der Waals surface area contributed by atoms with Gasteiger partial charge in [0.05, 0.1) is 0 Å². The summed E-state index contributed by atoms with van der Waals surface area (Å²) in [6.45, 7) is 3.48. The molecule has 0 aromatic carbocycles. The highest BCUT2D eigenvalue weighted by Crippen LogP contribution is 2.11. The van der Waals surface area contributed by atoms with Crippen LogP contribution < -0.4 is 5.32 Å². The van der Waals surface area contributed by atoms with Gasteiger partial charge in [-0.25, -0.2) is 4.98 Å². The van der Waals surface area contributed by atoms with Crippen LogP contribution in [0.2, 0.25) is 0 Å². The molecule has 0 aliphatic carbocycles. The van der Waals surface area contributed by atoms with Crippen molar-refractivity contribution in [3.8, 4) is 0 Å².